The van der Waals surface area contributed by atoms with Crippen LogP contribution in [0.25, 0.3) is 0 Å². The van der Waals surface area contributed by atoms with Gasteiger partial charge in [0.15, 0.2) is 0 Å². The molecule has 0 unspecified atom stereocenters. The Kier molecular flexibility index (Phi) is 7.39. The molecule has 8 heteroatoms. The van der Waals surface area contributed by atoms with Gasteiger partial charge in [0, 0.05) is 17.1 Å². The summed E-state index contributed by atoms with van der Waals surface area (Å²) in [5.41, 5.74) is 2.45. The largest absolute Gasteiger partial charge is 0.497 e. The van der Waals surface area contributed by atoms with Crippen molar-refractivity contribution in [2.45, 2.75) is 25.1 Å². The minimum atomic E-state index is -0.521. The number of hydrogen-bond acceptors (Lipinski definition) is 6. The maximum Gasteiger partial charge on any atom is 0.249 e. The van der Waals surface area contributed by atoms with E-state index in [0.717, 1.165) is 21.8 Å². The molecule has 0 aliphatic carbocycles. The van der Waals surface area contributed by atoms with Gasteiger partial charge in [-0.3, -0.25) is 9.59 Å². The molecular weight excluding hydrogens is 440 g/mol. The van der Waals surface area contributed by atoms with Crippen molar-refractivity contribution in [3.05, 3.63) is 82.0 Å². The number of anilines is 1. The summed E-state index contributed by atoms with van der Waals surface area (Å²) in [4.78, 5) is 27.5. The van der Waals surface area contributed by atoms with Gasteiger partial charge < -0.3 is 24.8 Å². The highest BCUT2D eigenvalue weighted by atomic mass is 32.1. The zero-order valence-electron chi connectivity index (χ0n) is 18.3. The quantitative estimate of drug-likeness (QED) is 0.531. The number of nitrogens with zero attached hydrogens (tertiary/aromatic N) is 1. The lowest BCUT2D eigenvalue weighted by atomic mass is 9.98. The van der Waals surface area contributed by atoms with Gasteiger partial charge in [-0.05, 0) is 46.8 Å². The first-order chi connectivity index (χ1) is 16.1. The number of carbonyl (C=O) groups is 2. The lowest BCUT2D eigenvalue weighted by molar-refractivity contribution is -0.162. The standard InChI is InChI=1S/C25H26N2O5S/c1-31-20-10-4-17(5-11-20)14-27-22(15-28)25(32-16-24(27)30)18-6-8-19(9-7-18)26-23(29)13-21-3-2-12-33-21/h2-12,22,25,28H,13-16H2,1H3,(H,26,29)/t22-,25-/m1/s1. The Morgan fingerprint density at radius 1 is 1.18 bits per heavy atom. The van der Waals surface area contributed by atoms with Crippen LogP contribution in [0.15, 0.2) is 66.0 Å². The van der Waals surface area contributed by atoms with E-state index in [4.69, 9.17) is 9.47 Å². The third-order valence-corrected chi connectivity index (χ3v) is 6.47. The fourth-order valence-corrected chi connectivity index (χ4v) is 4.59. The Labute approximate surface area is 196 Å². The maximum atomic E-state index is 12.6. The molecule has 2 heterocycles. The van der Waals surface area contributed by atoms with Gasteiger partial charge in [0.05, 0.1) is 26.2 Å². The van der Waals surface area contributed by atoms with Crippen molar-refractivity contribution in [1.82, 2.24) is 4.90 Å². The molecule has 2 N–H and O–H groups in total. The van der Waals surface area contributed by atoms with E-state index in [1.54, 1.807) is 23.3 Å². The van der Waals surface area contributed by atoms with Gasteiger partial charge in [0.1, 0.15) is 18.5 Å². The molecule has 1 aliphatic heterocycles. The molecular formula is C25H26N2O5S. The predicted octanol–water partition coefficient (Wildman–Crippen LogP) is 3.40. The highest BCUT2D eigenvalue weighted by molar-refractivity contribution is 7.10. The smallest absolute Gasteiger partial charge is 0.249 e. The fraction of sp³-hybridized carbons (Fsp3) is 0.280. The molecule has 0 bridgehead atoms. The van der Waals surface area contributed by atoms with Crippen molar-refractivity contribution >= 4 is 28.8 Å². The number of rotatable bonds is 8. The van der Waals surface area contributed by atoms with E-state index in [1.165, 1.54) is 0 Å². The molecule has 4 rings (SSSR count). The Hall–Kier alpha value is -3.20. The number of nitrogens with one attached hydrogen (secondary N) is 1. The van der Waals surface area contributed by atoms with Gasteiger partial charge in [-0.2, -0.15) is 0 Å². The zero-order chi connectivity index (χ0) is 23.2. The van der Waals surface area contributed by atoms with Crippen molar-refractivity contribution in [2.75, 3.05) is 25.6 Å². The number of morpholine rings is 1. The summed E-state index contributed by atoms with van der Waals surface area (Å²) >= 11 is 1.55. The van der Waals surface area contributed by atoms with E-state index in [9.17, 15) is 14.7 Å². The molecule has 172 valence electrons. The number of ether oxygens (including phenoxy) is 2. The third kappa shape index (κ3) is 5.60. The minimum Gasteiger partial charge on any atom is -0.497 e. The van der Waals surface area contributed by atoms with Crippen LogP contribution in [-0.4, -0.2) is 48.2 Å². The second-order valence-corrected chi connectivity index (χ2v) is 8.81. The second-order valence-electron chi connectivity index (χ2n) is 7.78. The lowest BCUT2D eigenvalue weighted by Gasteiger charge is -2.40. The van der Waals surface area contributed by atoms with E-state index >= 15 is 0 Å². The van der Waals surface area contributed by atoms with E-state index in [0.29, 0.717) is 18.7 Å². The first-order valence-corrected chi connectivity index (χ1v) is 11.5. The van der Waals surface area contributed by atoms with Crippen LogP contribution in [0, 0.1) is 0 Å². The average Bonchev–Trinajstić information content (AvgIpc) is 3.34. The molecule has 33 heavy (non-hydrogen) atoms. The predicted molar refractivity (Wildman–Crippen MR) is 126 cm³/mol. The number of benzene rings is 2. The number of aliphatic hydroxyl groups is 1. The number of aliphatic hydroxyl groups excluding tert-OH is 1. The second kappa shape index (κ2) is 10.6. The van der Waals surface area contributed by atoms with Crippen LogP contribution in [0.4, 0.5) is 5.69 Å². The van der Waals surface area contributed by atoms with E-state index in [1.807, 2.05) is 66.0 Å². The van der Waals surface area contributed by atoms with Crippen LogP contribution >= 0.6 is 11.3 Å². The summed E-state index contributed by atoms with van der Waals surface area (Å²) in [6.07, 6.45) is -0.137. The lowest BCUT2D eigenvalue weighted by Crippen LogP contribution is -2.52. The van der Waals surface area contributed by atoms with Crippen molar-refractivity contribution in [1.29, 1.82) is 0 Å². The molecule has 2 aromatic carbocycles. The van der Waals surface area contributed by atoms with E-state index in [-0.39, 0.29) is 25.0 Å². The summed E-state index contributed by atoms with van der Waals surface area (Å²) < 4.78 is 11.0. The number of hydrogen-bond donors (Lipinski definition) is 2. The molecule has 0 radical (unpaired) electrons. The van der Waals surface area contributed by atoms with Crippen LogP contribution in [0.5, 0.6) is 5.75 Å². The Morgan fingerprint density at radius 2 is 1.94 bits per heavy atom. The van der Waals surface area contributed by atoms with Crippen LogP contribution < -0.4 is 10.1 Å². The SMILES string of the molecule is COc1ccc(CN2C(=O)CO[C@H](c3ccc(NC(=O)Cc4cccs4)cc3)[C@H]2CO)cc1. The topological polar surface area (TPSA) is 88.1 Å². The number of carbonyl (C=O) groups excluding carboxylic acids is 2. The van der Waals surface area contributed by atoms with Crippen LogP contribution in [-0.2, 0) is 27.3 Å². The van der Waals surface area contributed by atoms with Gasteiger partial charge in [-0.25, -0.2) is 0 Å². The number of amides is 2. The Morgan fingerprint density at radius 3 is 2.58 bits per heavy atom. The summed E-state index contributed by atoms with van der Waals surface area (Å²) in [6, 6.07) is 18.2. The molecule has 1 fully saturated rings. The first kappa shape index (κ1) is 23.0. The van der Waals surface area contributed by atoms with Gasteiger partial charge in [0.2, 0.25) is 11.8 Å². The minimum absolute atomic E-state index is 0.0589. The number of methoxy groups -OCH3 is 1. The number of thiophene rings is 1. The third-order valence-electron chi connectivity index (χ3n) is 5.59. The monoisotopic (exact) mass is 466 g/mol. The van der Waals surface area contributed by atoms with Crippen LogP contribution in [0.1, 0.15) is 22.1 Å². The summed E-state index contributed by atoms with van der Waals surface area (Å²) in [6.45, 7) is 0.0766. The normalized spacial score (nSPS) is 18.2. The molecule has 1 aliphatic rings. The van der Waals surface area contributed by atoms with Crippen molar-refractivity contribution < 1.29 is 24.2 Å². The molecule has 7 nitrogen and oxygen atoms in total. The summed E-state index contributed by atoms with van der Waals surface area (Å²) in [5.74, 6) is 0.494. The van der Waals surface area contributed by atoms with Crippen LogP contribution in [0.3, 0.4) is 0 Å². The molecule has 1 saturated heterocycles. The van der Waals surface area contributed by atoms with Gasteiger partial charge in [-0.15, -0.1) is 11.3 Å². The van der Waals surface area contributed by atoms with Gasteiger partial charge in [0.25, 0.3) is 0 Å². The molecule has 0 spiro atoms. The Balaban J connectivity index is 1.44. The molecule has 0 saturated carbocycles. The summed E-state index contributed by atoms with van der Waals surface area (Å²) in [7, 11) is 1.60. The maximum absolute atomic E-state index is 12.6. The van der Waals surface area contributed by atoms with Gasteiger partial charge in [-0.1, -0.05) is 30.3 Å². The van der Waals surface area contributed by atoms with Crippen molar-refractivity contribution in [2.24, 2.45) is 0 Å². The van der Waals surface area contributed by atoms with E-state index in [2.05, 4.69) is 5.32 Å². The van der Waals surface area contributed by atoms with Crippen LogP contribution in [0.2, 0.25) is 0 Å². The average molecular weight is 467 g/mol. The first-order valence-electron chi connectivity index (χ1n) is 10.6. The van der Waals surface area contributed by atoms with Crippen molar-refractivity contribution in [3.63, 3.8) is 0 Å². The molecule has 2 atom stereocenters. The highest BCUT2D eigenvalue weighted by Gasteiger charge is 2.37. The zero-order valence-corrected chi connectivity index (χ0v) is 19.1. The Bertz CT molecular complexity index is 1070. The van der Waals surface area contributed by atoms with E-state index < -0.39 is 12.1 Å². The molecule has 2 amide bonds. The fourth-order valence-electron chi connectivity index (χ4n) is 3.88. The molecule has 1 aromatic heterocycles. The molecule has 3 aromatic rings. The highest BCUT2D eigenvalue weighted by Crippen LogP contribution is 2.31. The van der Waals surface area contributed by atoms with Gasteiger partial charge >= 0.3 is 0 Å². The van der Waals surface area contributed by atoms with Crippen molar-refractivity contribution in [3.8, 4) is 5.75 Å². The summed E-state index contributed by atoms with van der Waals surface area (Å²) in [5, 5.41) is 15.0.